The Morgan fingerprint density at radius 2 is 1.91 bits per heavy atom. The maximum absolute atomic E-state index is 13.2. The van der Waals surface area contributed by atoms with Gasteiger partial charge in [-0.3, -0.25) is 4.79 Å². The molecule has 1 N–H and O–H groups in total. The zero-order valence-corrected chi connectivity index (χ0v) is 13.3. The van der Waals surface area contributed by atoms with E-state index in [-0.39, 0.29) is 11.5 Å². The number of benzene rings is 2. The van der Waals surface area contributed by atoms with Crippen LogP contribution in [-0.4, -0.2) is 5.91 Å². The van der Waals surface area contributed by atoms with Gasteiger partial charge in [0.25, 0.3) is 0 Å². The molecule has 0 heterocycles. The number of carbonyl (C=O) groups is 1. The van der Waals surface area contributed by atoms with Crippen molar-refractivity contribution in [1.29, 1.82) is 5.26 Å². The number of halogens is 1. The van der Waals surface area contributed by atoms with Crippen LogP contribution in [0, 0.1) is 17.1 Å². The number of anilines is 1. The molecule has 0 atom stereocenters. The first kappa shape index (κ1) is 16.7. The van der Waals surface area contributed by atoms with Crippen LogP contribution >= 0.6 is 0 Å². The minimum atomic E-state index is -0.587. The van der Waals surface area contributed by atoms with E-state index in [4.69, 9.17) is 5.26 Å². The lowest BCUT2D eigenvalue weighted by Gasteiger charge is -2.08. The Kier molecular flexibility index (Phi) is 5.48. The fraction of sp³-hybridized carbons (Fsp3) is 0.263. The van der Waals surface area contributed by atoms with Crippen LogP contribution in [0.4, 0.5) is 10.1 Å². The number of nitrogens with one attached hydrogen (secondary N) is 1. The second kappa shape index (κ2) is 7.55. The van der Waals surface area contributed by atoms with Crippen molar-refractivity contribution in [3.63, 3.8) is 0 Å². The summed E-state index contributed by atoms with van der Waals surface area (Å²) in [6, 6.07) is 14.0. The van der Waals surface area contributed by atoms with Gasteiger partial charge in [-0.15, -0.1) is 0 Å². The predicted octanol–water partition coefficient (Wildman–Crippen LogP) is 4.39. The fourth-order valence-corrected chi connectivity index (χ4v) is 2.24. The van der Waals surface area contributed by atoms with E-state index >= 15 is 0 Å². The first-order valence-electron chi connectivity index (χ1n) is 7.58. The van der Waals surface area contributed by atoms with Crippen LogP contribution in [0.3, 0.4) is 0 Å². The summed E-state index contributed by atoms with van der Waals surface area (Å²) >= 11 is 0. The Balaban J connectivity index is 1.91. The normalized spacial score (nSPS) is 10.4. The molecule has 4 heteroatoms. The van der Waals surface area contributed by atoms with Gasteiger partial charge in [0.2, 0.25) is 5.91 Å². The number of hydrogen-bond donors (Lipinski definition) is 1. The second-order valence-corrected chi connectivity index (χ2v) is 5.75. The smallest absolute Gasteiger partial charge is 0.224 e. The highest BCUT2D eigenvalue weighted by Crippen LogP contribution is 2.17. The van der Waals surface area contributed by atoms with Gasteiger partial charge in [-0.2, -0.15) is 5.26 Å². The maximum Gasteiger partial charge on any atom is 0.224 e. The molecule has 0 saturated heterocycles. The summed E-state index contributed by atoms with van der Waals surface area (Å²) in [7, 11) is 0. The zero-order chi connectivity index (χ0) is 16.8. The molecule has 0 saturated carbocycles. The molecule has 2 aromatic carbocycles. The molecular weight excluding hydrogens is 291 g/mol. The summed E-state index contributed by atoms with van der Waals surface area (Å²) in [5.41, 5.74) is 2.73. The van der Waals surface area contributed by atoms with Crippen LogP contribution in [0.1, 0.15) is 42.9 Å². The summed E-state index contributed by atoms with van der Waals surface area (Å²) in [6.07, 6.45) is 0.969. The van der Waals surface area contributed by atoms with E-state index in [1.165, 1.54) is 23.8 Å². The molecule has 0 aromatic heterocycles. The molecular formula is C19H19FN2O. The molecule has 0 bridgehead atoms. The third-order valence-corrected chi connectivity index (χ3v) is 3.66. The van der Waals surface area contributed by atoms with Crippen LogP contribution in [0.5, 0.6) is 0 Å². The second-order valence-electron chi connectivity index (χ2n) is 5.75. The van der Waals surface area contributed by atoms with Crippen molar-refractivity contribution in [2.75, 3.05) is 5.32 Å². The molecule has 2 aromatic rings. The van der Waals surface area contributed by atoms with Crippen LogP contribution in [-0.2, 0) is 11.2 Å². The van der Waals surface area contributed by atoms with Gasteiger partial charge < -0.3 is 5.32 Å². The molecule has 2 rings (SSSR count). The van der Waals surface area contributed by atoms with E-state index in [0.717, 1.165) is 5.56 Å². The quantitative estimate of drug-likeness (QED) is 0.890. The highest BCUT2D eigenvalue weighted by atomic mass is 19.1. The van der Waals surface area contributed by atoms with Crippen molar-refractivity contribution in [2.24, 2.45) is 0 Å². The van der Waals surface area contributed by atoms with E-state index in [1.807, 2.05) is 12.1 Å². The number of amides is 1. The molecule has 0 radical (unpaired) electrons. The summed E-state index contributed by atoms with van der Waals surface area (Å²) in [6.45, 7) is 4.28. The molecule has 0 aliphatic heterocycles. The van der Waals surface area contributed by atoms with Crippen molar-refractivity contribution in [3.05, 3.63) is 65.0 Å². The molecule has 0 unspecified atom stereocenters. The van der Waals surface area contributed by atoms with Gasteiger partial charge in [0.1, 0.15) is 11.9 Å². The lowest BCUT2D eigenvalue weighted by Crippen LogP contribution is -2.12. The van der Waals surface area contributed by atoms with Crippen molar-refractivity contribution in [2.45, 2.75) is 32.6 Å². The van der Waals surface area contributed by atoms with E-state index < -0.39 is 5.82 Å². The third-order valence-electron chi connectivity index (χ3n) is 3.66. The fourth-order valence-electron chi connectivity index (χ4n) is 2.24. The van der Waals surface area contributed by atoms with Crippen molar-refractivity contribution < 1.29 is 9.18 Å². The highest BCUT2D eigenvalue weighted by Gasteiger charge is 2.07. The van der Waals surface area contributed by atoms with E-state index in [9.17, 15) is 9.18 Å². The number of aryl methyl sites for hydroxylation is 1. The first-order chi connectivity index (χ1) is 11.0. The summed E-state index contributed by atoms with van der Waals surface area (Å²) in [5, 5.41) is 11.5. The standard InChI is InChI=1S/C19H19FN2O/c1-13(2)15-6-3-14(4-7-15)5-10-19(23)22-17-8-9-18(20)16(11-17)12-21/h3-4,6-9,11,13H,5,10H2,1-2H3,(H,22,23). The average molecular weight is 310 g/mol. The van der Waals surface area contributed by atoms with Gasteiger partial charge in [0.15, 0.2) is 0 Å². The summed E-state index contributed by atoms with van der Waals surface area (Å²) in [4.78, 5) is 12.0. The maximum atomic E-state index is 13.2. The Morgan fingerprint density at radius 1 is 1.22 bits per heavy atom. The molecule has 0 aliphatic carbocycles. The number of nitrogens with zero attached hydrogens (tertiary/aromatic N) is 1. The van der Waals surface area contributed by atoms with Gasteiger partial charge in [-0.05, 0) is 41.7 Å². The first-order valence-corrected chi connectivity index (χ1v) is 7.58. The largest absolute Gasteiger partial charge is 0.326 e. The van der Waals surface area contributed by atoms with Crippen molar-refractivity contribution in [1.82, 2.24) is 0 Å². The van der Waals surface area contributed by atoms with Gasteiger partial charge >= 0.3 is 0 Å². The Hall–Kier alpha value is -2.67. The van der Waals surface area contributed by atoms with E-state index in [0.29, 0.717) is 24.4 Å². The third kappa shape index (κ3) is 4.65. The lowest BCUT2D eigenvalue weighted by atomic mass is 10.0. The Morgan fingerprint density at radius 3 is 2.52 bits per heavy atom. The summed E-state index contributed by atoms with van der Waals surface area (Å²) in [5.74, 6) is -0.260. The van der Waals surface area contributed by atoms with E-state index in [1.54, 1.807) is 6.07 Å². The minimum Gasteiger partial charge on any atom is -0.326 e. The van der Waals surface area contributed by atoms with Crippen LogP contribution in [0.15, 0.2) is 42.5 Å². The Labute approximate surface area is 135 Å². The molecule has 0 aliphatic rings. The minimum absolute atomic E-state index is 0.0768. The number of rotatable bonds is 5. The predicted molar refractivity (Wildman–Crippen MR) is 88.6 cm³/mol. The zero-order valence-electron chi connectivity index (χ0n) is 13.3. The van der Waals surface area contributed by atoms with Crippen LogP contribution in [0.25, 0.3) is 0 Å². The summed E-state index contributed by atoms with van der Waals surface area (Å²) < 4.78 is 13.2. The molecule has 3 nitrogen and oxygen atoms in total. The van der Waals surface area contributed by atoms with Gasteiger partial charge in [-0.1, -0.05) is 38.1 Å². The lowest BCUT2D eigenvalue weighted by molar-refractivity contribution is -0.116. The number of hydrogen-bond acceptors (Lipinski definition) is 2. The molecule has 23 heavy (non-hydrogen) atoms. The molecule has 0 spiro atoms. The van der Waals surface area contributed by atoms with Crippen LogP contribution < -0.4 is 5.32 Å². The van der Waals surface area contributed by atoms with Gasteiger partial charge in [0.05, 0.1) is 5.56 Å². The topological polar surface area (TPSA) is 52.9 Å². The Bertz CT molecular complexity index is 730. The number of carbonyl (C=O) groups excluding carboxylic acids is 1. The molecule has 0 fully saturated rings. The van der Waals surface area contributed by atoms with Crippen molar-refractivity contribution >= 4 is 11.6 Å². The highest BCUT2D eigenvalue weighted by molar-refractivity contribution is 5.91. The monoisotopic (exact) mass is 310 g/mol. The SMILES string of the molecule is CC(C)c1ccc(CCC(=O)Nc2ccc(F)c(C#N)c2)cc1. The molecule has 118 valence electrons. The number of nitriles is 1. The van der Waals surface area contributed by atoms with E-state index in [2.05, 4.69) is 31.3 Å². The average Bonchev–Trinajstić information content (AvgIpc) is 2.55. The van der Waals surface area contributed by atoms with Crippen molar-refractivity contribution in [3.8, 4) is 6.07 Å². The van der Waals surface area contributed by atoms with Crippen LogP contribution in [0.2, 0.25) is 0 Å². The van der Waals surface area contributed by atoms with Gasteiger partial charge in [0, 0.05) is 12.1 Å². The van der Waals surface area contributed by atoms with Gasteiger partial charge in [-0.25, -0.2) is 4.39 Å². The molecule has 1 amide bonds.